The van der Waals surface area contributed by atoms with Gasteiger partial charge in [-0.3, -0.25) is 9.78 Å². The van der Waals surface area contributed by atoms with Gasteiger partial charge < -0.3 is 14.8 Å². The average Bonchev–Trinajstić information content (AvgIpc) is 3.20. The zero-order chi connectivity index (χ0) is 20.0. The predicted molar refractivity (Wildman–Crippen MR) is 118 cm³/mol. The summed E-state index contributed by atoms with van der Waals surface area (Å²) in [4.78, 5) is 25.3. The number of carbonyl (C=O) groups is 1. The first-order chi connectivity index (χ1) is 14.1. The van der Waals surface area contributed by atoms with Crippen LogP contribution in [0.15, 0.2) is 54.7 Å². The van der Waals surface area contributed by atoms with Gasteiger partial charge in [0.1, 0.15) is 5.69 Å². The number of amides is 1. The van der Waals surface area contributed by atoms with Gasteiger partial charge in [-0.25, -0.2) is 0 Å². The van der Waals surface area contributed by atoms with Gasteiger partial charge in [-0.15, -0.1) is 0 Å². The Morgan fingerprint density at radius 1 is 0.966 bits per heavy atom. The van der Waals surface area contributed by atoms with Crippen LogP contribution in [0.5, 0.6) is 0 Å². The van der Waals surface area contributed by atoms with Crippen LogP contribution in [0.25, 0.3) is 21.8 Å². The second-order valence-corrected chi connectivity index (χ2v) is 7.79. The van der Waals surface area contributed by atoms with Crippen molar-refractivity contribution in [2.24, 2.45) is 0 Å². The van der Waals surface area contributed by atoms with E-state index in [0.717, 1.165) is 48.0 Å². The minimum absolute atomic E-state index is 0.0610. The Bertz CT molecular complexity index is 1220. The van der Waals surface area contributed by atoms with E-state index >= 15 is 0 Å². The van der Waals surface area contributed by atoms with E-state index in [2.05, 4.69) is 53.0 Å². The molecule has 3 heterocycles. The van der Waals surface area contributed by atoms with Crippen molar-refractivity contribution in [1.82, 2.24) is 14.9 Å². The van der Waals surface area contributed by atoms with Gasteiger partial charge in [-0.2, -0.15) is 0 Å². The van der Waals surface area contributed by atoms with E-state index in [1.807, 2.05) is 29.2 Å². The lowest BCUT2D eigenvalue weighted by Crippen LogP contribution is -2.49. The number of nitrogens with zero attached hydrogens (tertiary/aromatic N) is 3. The number of benzene rings is 2. The Morgan fingerprint density at radius 3 is 2.59 bits per heavy atom. The second-order valence-electron chi connectivity index (χ2n) is 7.79. The number of piperazine rings is 1. The lowest BCUT2D eigenvalue weighted by atomic mass is 10.1. The Labute approximate surface area is 170 Å². The molecule has 0 bridgehead atoms. The number of aromatic nitrogens is 2. The highest BCUT2D eigenvalue weighted by molar-refractivity contribution is 6.07. The summed E-state index contributed by atoms with van der Waals surface area (Å²) >= 11 is 0. The predicted octanol–water partition coefficient (Wildman–Crippen LogP) is 4.30. The van der Waals surface area contributed by atoms with Gasteiger partial charge in [0, 0.05) is 48.8 Å². The van der Waals surface area contributed by atoms with E-state index < -0.39 is 0 Å². The molecule has 0 atom stereocenters. The van der Waals surface area contributed by atoms with Gasteiger partial charge in [0.15, 0.2) is 0 Å². The molecule has 5 nitrogen and oxygen atoms in total. The number of pyridine rings is 1. The molecule has 1 amide bonds. The fourth-order valence-electron chi connectivity index (χ4n) is 4.25. The Kier molecular flexibility index (Phi) is 4.23. The van der Waals surface area contributed by atoms with Crippen molar-refractivity contribution in [1.29, 1.82) is 0 Å². The highest BCUT2D eigenvalue weighted by Gasteiger charge is 2.24. The molecule has 4 aromatic rings. The van der Waals surface area contributed by atoms with Crippen LogP contribution in [0.3, 0.4) is 0 Å². The molecular weight excluding hydrogens is 360 g/mol. The summed E-state index contributed by atoms with van der Waals surface area (Å²) in [7, 11) is 0. The van der Waals surface area contributed by atoms with Crippen LogP contribution in [0.4, 0.5) is 5.69 Å². The zero-order valence-corrected chi connectivity index (χ0v) is 16.8. The van der Waals surface area contributed by atoms with E-state index in [1.54, 1.807) is 6.20 Å². The Morgan fingerprint density at radius 2 is 1.76 bits per heavy atom. The fraction of sp³-hybridized carbons (Fsp3) is 0.250. The molecular formula is C24H24N4O. The molecule has 0 aliphatic carbocycles. The molecule has 2 aromatic heterocycles. The van der Waals surface area contributed by atoms with Crippen LogP contribution in [-0.4, -0.2) is 47.0 Å². The van der Waals surface area contributed by atoms with Gasteiger partial charge in [0.05, 0.1) is 11.0 Å². The van der Waals surface area contributed by atoms with Crippen molar-refractivity contribution < 1.29 is 4.79 Å². The van der Waals surface area contributed by atoms with Crippen molar-refractivity contribution in [2.45, 2.75) is 13.8 Å². The maximum Gasteiger partial charge on any atom is 0.270 e. The van der Waals surface area contributed by atoms with Gasteiger partial charge in [0.2, 0.25) is 0 Å². The van der Waals surface area contributed by atoms with Crippen molar-refractivity contribution >= 4 is 33.4 Å². The molecule has 146 valence electrons. The second kappa shape index (κ2) is 6.92. The monoisotopic (exact) mass is 384 g/mol. The minimum atomic E-state index is 0.0610. The van der Waals surface area contributed by atoms with Gasteiger partial charge in [0.25, 0.3) is 5.91 Å². The van der Waals surface area contributed by atoms with Crippen LogP contribution < -0.4 is 4.90 Å². The van der Waals surface area contributed by atoms with Crippen molar-refractivity contribution in [3.63, 3.8) is 0 Å². The topological polar surface area (TPSA) is 52.2 Å². The number of nitrogens with one attached hydrogen (secondary N) is 1. The lowest BCUT2D eigenvalue weighted by molar-refractivity contribution is 0.0742. The van der Waals surface area contributed by atoms with E-state index in [0.29, 0.717) is 5.69 Å². The Hall–Kier alpha value is -3.34. The molecule has 1 aliphatic heterocycles. The number of hydrogen-bond acceptors (Lipinski definition) is 3. The van der Waals surface area contributed by atoms with Crippen molar-refractivity contribution in [3.8, 4) is 0 Å². The van der Waals surface area contributed by atoms with E-state index in [1.165, 1.54) is 16.8 Å². The molecule has 1 aliphatic rings. The van der Waals surface area contributed by atoms with Crippen LogP contribution in [0, 0.1) is 13.8 Å². The maximum atomic E-state index is 13.1. The highest BCUT2D eigenvalue weighted by atomic mass is 16.2. The van der Waals surface area contributed by atoms with Gasteiger partial charge in [-0.1, -0.05) is 30.3 Å². The van der Waals surface area contributed by atoms with E-state index in [-0.39, 0.29) is 5.91 Å². The fourth-order valence-corrected chi connectivity index (χ4v) is 4.25. The Balaban J connectivity index is 1.37. The molecule has 0 unspecified atom stereocenters. The number of rotatable bonds is 2. The number of fused-ring (bicyclic) bond motifs is 3. The minimum Gasteiger partial charge on any atom is -0.368 e. The zero-order valence-electron chi connectivity index (χ0n) is 16.8. The number of aromatic amines is 1. The maximum absolute atomic E-state index is 13.1. The third-order valence-corrected chi connectivity index (χ3v) is 6.08. The molecule has 1 N–H and O–H groups in total. The first-order valence-corrected chi connectivity index (χ1v) is 10.1. The molecule has 0 radical (unpaired) electrons. The van der Waals surface area contributed by atoms with Crippen molar-refractivity contribution in [2.75, 3.05) is 31.1 Å². The molecule has 0 saturated carbocycles. The quantitative estimate of drug-likeness (QED) is 0.561. The molecule has 1 saturated heterocycles. The summed E-state index contributed by atoms with van der Waals surface area (Å²) in [5, 5.41) is 2.09. The summed E-state index contributed by atoms with van der Waals surface area (Å²) in [6, 6.07) is 16.4. The smallest absolute Gasteiger partial charge is 0.270 e. The summed E-state index contributed by atoms with van der Waals surface area (Å²) < 4.78 is 0. The summed E-state index contributed by atoms with van der Waals surface area (Å²) in [5.74, 6) is 0.0610. The normalized spacial score (nSPS) is 14.7. The molecule has 0 spiro atoms. The third kappa shape index (κ3) is 3.03. The number of anilines is 1. The highest BCUT2D eigenvalue weighted by Crippen LogP contribution is 2.26. The molecule has 5 rings (SSSR count). The van der Waals surface area contributed by atoms with Crippen LogP contribution in [-0.2, 0) is 0 Å². The number of carbonyl (C=O) groups excluding carboxylic acids is 1. The number of H-pyrrole nitrogens is 1. The molecule has 2 aromatic carbocycles. The summed E-state index contributed by atoms with van der Waals surface area (Å²) in [6.07, 6.45) is 1.79. The standard InChI is InChI=1S/C24H24N4O/c1-16-5-3-7-21(17(16)2)27-11-13-28(14-12-27)24(29)20-15-19-9-8-18-6-4-10-25-22(18)23(19)26-20/h3-10,15,26H,11-14H2,1-2H3. The first-order valence-electron chi connectivity index (χ1n) is 10.1. The molecule has 5 heteroatoms. The van der Waals surface area contributed by atoms with Crippen LogP contribution >= 0.6 is 0 Å². The van der Waals surface area contributed by atoms with Gasteiger partial charge in [-0.05, 0) is 43.2 Å². The van der Waals surface area contributed by atoms with Gasteiger partial charge >= 0.3 is 0 Å². The molecule has 1 fully saturated rings. The lowest BCUT2D eigenvalue weighted by Gasteiger charge is -2.36. The summed E-state index contributed by atoms with van der Waals surface area (Å²) in [6.45, 7) is 7.46. The van der Waals surface area contributed by atoms with Crippen molar-refractivity contribution in [3.05, 3.63) is 71.5 Å². The van der Waals surface area contributed by atoms with E-state index in [9.17, 15) is 4.79 Å². The number of aryl methyl sites for hydroxylation is 1. The molecule has 29 heavy (non-hydrogen) atoms. The summed E-state index contributed by atoms with van der Waals surface area (Å²) in [5.41, 5.74) is 6.38. The largest absolute Gasteiger partial charge is 0.368 e. The third-order valence-electron chi connectivity index (χ3n) is 6.08. The SMILES string of the molecule is Cc1cccc(N2CCN(C(=O)c3cc4ccc5cccnc5c4[nH]3)CC2)c1C. The average molecular weight is 384 g/mol. The van der Waals surface area contributed by atoms with Crippen LogP contribution in [0.2, 0.25) is 0 Å². The first kappa shape index (κ1) is 17.7. The van der Waals surface area contributed by atoms with Crippen LogP contribution in [0.1, 0.15) is 21.6 Å². The number of hydrogen-bond donors (Lipinski definition) is 1. The van der Waals surface area contributed by atoms with E-state index in [4.69, 9.17) is 0 Å².